The van der Waals surface area contributed by atoms with Crippen molar-refractivity contribution in [2.45, 2.75) is 25.5 Å². The summed E-state index contributed by atoms with van der Waals surface area (Å²) in [6.45, 7) is 0.227. The molecule has 0 saturated carbocycles. The Balaban J connectivity index is 2.10. The van der Waals surface area contributed by atoms with Gasteiger partial charge in [0.05, 0.1) is 0 Å². The summed E-state index contributed by atoms with van der Waals surface area (Å²) >= 11 is 5.86. The third kappa shape index (κ3) is 3.62. The number of hydrogen-bond acceptors (Lipinski definition) is 6. The van der Waals surface area contributed by atoms with Gasteiger partial charge in [-0.25, -0.2) is 9.97 Å². The molecular weight excluding hydrogens is 272 g/mol. The first-order chi connectivity index (χ1) is 9.08. The van der Waals surface area contributed by atoms with Gasteiger partial charge in [0.25, 0.3) is 0 Å². The summed E-state index contributed by atoms with van der Waals surface area (Å²) < 4.78 is 4.93. The SMILES string of the molecule is COCc1nc(Cl)cc(NC2CCC(=O)NC2=O)n1. The van der Waals surface area contributed by atoms with Crippen LogP contribution in [0.5, 0.6) is 0 Å². The number of imide groups is 1. The maximum Gasteiger partial charge on any atom is 0.249 e. The number of aromatic nitrogens is 2. The van der Waals surface area contributed by atoms with Crippen molar-refractivity contribution >= 4 is 29.2 Å². The molecule has 1 aliphatic heterocycles. The molecule has 0 spiro atoms. The van der Waals surface area contributed by atoms with Gasteiger partial charge in [-0.05, 0) is 6.42 Å². The molecular formula is C11H13ClN4O3. The number of halogens is 1. The van der Waals surface area contributed by atoms with Crippen LogP contribution in [0.25, 0.3) is 0 Å². The van der Waals surface area contributed by atoms with Crippen molar-refractivity contribution in [1.29, 1.82) is 0 Å². The van der Waals surface area contributed by atoms with Gasteiger partial charge in [-0.3, -0.25) is 14.9 Å². The average Bonchev–Trinajstić information content (AvgIpc) is 2.32. The van der Waals surface area contributed by atoms with Crippen LogP contribution in [0.4, 0.5) is 5.82 Å². The van der Waals surface area contributed by atoms with Crippen molar-refractivity contribution < 1.29 is 14.3 Å². The van der Waals surface area contributed by atoms with Crippen LogP contribution in [-0.4, -0.2) is 34.9 Å². The molecule has 0 radical (unpaired) electrons. The number of hydrogen-bond donors (Lipinski definition) is 2. The summed E-state index contributed by atoms with van der Waals surface area (Å²) in [5.74, 6) is 0.231. The molecule has 1 fully saturated rings. The standard InChI is InChI=1S/C11H13ClN4O3/c1-19-5-9-14-7(12)4-8(15-9)13-6-2-3-10(17)16-11(6)18/h4,6H,2-3,5H2,1H3,(H,13,14,15)(H,16,17,18). The Morgan fingerprint density at radius 2 is 2.32 bits per heavy atom. The van der Waals surface area contributed by atoms with Gasteiger partial charge in [-0.15, -0.1) is 0 Å². The highest BCUT2D eigenvalue weighted by Gasteiger charge is 2.26. The van der Waals surface area contributed by atoms with E-state index < -0.39 is 6.04 Å². The van der Waals surface area contributed by atoms with Gasteiger partial charge in [0.1, 0.15) is 23.6 Å². The molecule has 2 N–H and O–H groups in total. The molecule has 2 heterocycles. The molecule has 1 saturated heterocycles. The summed E-state index contributed by atoms with van der Waals surface area (Å²) in [4.78, 5) is 30.8. The molecule has 1 unspecified atom stereocenters. The smallest absolute Gasteiger partial charge is 0.249 e. The van der Waals surface area contributed by atoms with Gasteiger partial charge < -0.3 is 10.1 Å². The highest BCUT2D eigenvalue weighted by molar-refractivity contribution is 6.29. The van der Waals surface area contributed by atoms with Gasteiger partial charge >= 0.3 is 0 Å². The summed E-state index contributed by atoms with van der Waals surface area (Å²) in [6.07, 6.45) is 0.721. The van der Waals surface area contributed by atoms with Gasteiger partial charge in [0, 0.05) is 19.6 Å². The van der Waals surface area contributed by atoms with E-state index in [-0.39, 0.29) is 23.6 Å². The van der Waals surface area contributed by atoms with E-state index in [1.807, 2.05) is 0 Å². The first kappa shape index (κ1) is 13.7. The van der Waals surface area contributed by atoms with Crippen molar-refractivity contribution in [3.05, 3.63) is 17.0 Å². The van der Waals surface area contributed by atoms with Crippen molar-refractivity contribution in [1.82, 2.24) is 15.3 Å². The number of ether oxygens (including phenoxy) is 1. The lowest BCUT2D eigenvalue weighted by Gasteiger charge is -2.22. The van der Waals surface area contributed by atoms with Crippen LogP contribution >= 0.6 is 11.6 Å². The number of anilines is 1. The zero-order valence-corrected chi connectivity index (χ0v) is 11.0. The minimum atomic E-state index is -0.501. The number of methoxy groups -OCH3 is 1. The predicted octanol–water partition coefficient (Wildman–Crippen LogP) is 0.493. The second-order valence-corrected chi connectivity index (χ2v) is 4.46. The average molecular weight is 285 g/mol. The lowest BCUT2D eigenvalue weighted by atomic mass is 10.1. The third-order valence-corrected chi connectivity index (χ3v) is 2.77. The van der Waals surface area contributed by atoms with E-state index in [1.165, 1.54) is 13.2 Å². The quantitative estimate of drug-likeness (QED) is 0.617. The van der Waals surface area contributed by atoms with Gasteiger partial charge in [0.15, 0.2) is 5.82 Å². The van der Waals surface area contributed by atoms with Crippen LogP contribution in [0.1, 0.15) is 18.7 Å². The van der Waals surface area contributed by atoms with Gasteiger partial charge in [-0.2, -0.15) is 0 Å². The summed E-state index contributed by atoms with van der Waals surface area (Å²) in [6, 6.07) is 1.02. The third-order valence-electron chi connectivity index (χ3n) is 2.58. The second kappa shape index (κ2) is 5.94. The molecule has 2 rings (SSSR count). The summed E-state index contributed by atoms with van der Waals surface area (Å²) in [5.41, 5.74) is 0. The Morgan fingerprint density at radius 3 is 3.00 bits per heavy atom. The molecule has 1 aromatic heterocycles. The molecule has 8 heteroatoms. The van der Waals surface area contributed by atoms with Crippen molar-refractivity contribution in [3.8, 4) is 0 Å². The van der Waals surface area contributed by atoms with Gasteiger partial charge in [0.2, 0.25) is 11.8 Å². The van der Waals surface area contributed by atoms with Crippen molar-refractivity contribution in [2.24, 2.45) is 0 Å². The topological polar surface area (TPSA) is 93.2 Å². The first-order valence-electron chi connectivity index (χ1n) is 5.71. The Bertz CT molecular complexity index is 509. The number of amides is 2. The first-order valence-corrected chi connectivity index (χ1v) is 6.09. The van der Waals surface area contributed by atoms with E-state index in [1.54, 1.807) is 0 Å². The van der Waals surface area contributed by atoms with Crippen LogP contribution in [-0.2, 0) is 20.9 Å². The van der Waals surface area contributed by atoms with Crippen molar-refractivity contribution in [3.63, 3.8) is 0 Å². The van der Waals surface area contributed by atoms with Crippen molar-refractivity contribution in [2.75, 3.05) is 12.4 Å². The summed E-state index contributed by atoms with van der Waals surface area (Å²) in [5, 5.41) is 5.46. The number of rotatable bonds is 4. The monoisotopic (exact) mass is 284 g/mol. The minimum absolute atomic E-state index is 0.227. The molecule has 1 aliphatic rings. The molecule has 2 amide bonds. The Hall–Kier alpha value is -1.73. The number of nitrogens with one attached hydrogen (secondary N) is 2. The lowest BCUT2D eigenvalue weighted by molar-refractivity contribution is -0.133. The normalized spacial score (nSPS) is 19.2. The number of carbonyl (C=O) groups is 2. The predicted molar refractivity (Wildman–Crippen MR) is 67.5 cm³/mol. The summed E-state index contributed by atoms with van der Waals surface area (Å²) in [7, 11) is 1.53. The molecule has 102 valence electrons. The van der Waals surface area contributed by atoms with Crippen LogP contribution in [0, 0.1) is 0 Å². The van der Waals surface area contributed by atoms with Crippen LogP contribution in [0.3, 0.4) is 0 Å². The Labute approximate surface area is 114 Å². The van der Waals surface area contributed by atoms with E-state index in [2.05, 4.69) is 20.6 Å². The van der Waals surface area contributed by atoms with E-state index >= 15 is 0 Å². The largest absolute Gasteiger partial charge is 0.377 e. The zero-order valence-electron chi connectivity index (χ0n) is 10.3. The molecule has 0 aromatic carbocycles. The Kier molecular flexibility index (Phi) is 4.28. The van der Waals surface area contributed by atoms with Crippen LogP contribution < -0.4 is 10.6 Å². The number of piperidine rings is 1. The molecule has 1 aromatic rings. The van der Waals surface area contributed by atoms with Crippen LogP contribution in [0.15, 0.2) is 6.07 Å². The highest BCUT2D eigenvalue weighted by Crippen LogP contribution is 2.15. The van der Waals surface area contributed by atoms with Crippen LogP contribution in [0.2, 0.25) is 5.15 Å². The molecule has 1 atom stereocenters. The number of carbonyl (C=O) groups excluding carboxylic acids is 2. The van der Waals surface area contributed by atoms with E-state index in [0.29, 0.717) is 24.5 Å². The Morgan fingerprint density at radius 1 is 1.53 bits per heavy atom. The molecule has 0 bridgehead atoms. The second-order valence-electron chi connectivity index (χ2n) is 4.07. The molecule has 19 heavy (non-hydrogen) atoms. The number of nitrogens with zero attached hydrogens (tertiary/aromatic N) is 2. The lowest BCUT2D eigenvalue weighted by Crippen LogP contribution is -2.47. The van der Waals surface area contributed by atoms with Gasteiger partial charge in [-0.1, -0.05) is 11.6 Å². The highest BCUT2D eigenvalue weighted by atomic mass is 35.5. The van der Waals surface area contributed by atoms with E-state index in [4.69, 9.17) is 16.3 Å². The molecule has 0 aliphatic carbocycles. The zero-order chi connectivity index (χ0) is 13.8. The molecule has 7 nitrogen and oxygen atoms in total. The minimum Gasteiger partial charge on any atom is -0.377 e. The fourth-order valence-electron chi connectivity index (χ4n) is 1.74. The fourth-order valence-corrected chi connectivity index (χ4v) is 1.94. The maximum atomic E-state index is 11.6. The van der Waals surface area contributed by atoms with E-state index in [0.717, 1.165) is 0 Å². The van der Waals surface area contributed by atoms with E-state index in [9.17, 15) is 9.59 Å². The maximum absolute atomic E-state index is 11.6. The fraction of sp³-hybridized carbons (Fsp3) is 0.455.